The van der Waals surface area contributed by atoms with Gasteiger partial charge in [0.05, 0.1) is 0 Å². The summed E-state index contributed by atoms with van der Waals surface area (Å²) in [4.78, 5) is 25.4. The average molecular weight is 273 g/mol. The predicted molar refractivity (Wildman–Crippen MR) is 74.3 cm³/mol. The summed E-state index contributed by atoms with van der Waals surface area (Å²) >= 11 is 5.59. The van der Waals surface area contributed by atoms with Gasteiger partial charge in [0, 0.05) is 12.6 Å². The molecule has 1 heterocycles. The van der Waals surface area contributed by atoms with Crippen molar-refractivity contribution >= 4 is 11.6 Å². The van der Waals surface area contributed by atoms with Gasteiger partial charge in [0.25, 0.3) is 5.56 Å². The van der Waals surface area contributed by atoms with Gasteiger partial charge in [-0.15, -0.1) is 0 Å². The zero-order valence-corrected chi connectivity index (χ0v) is 11.8. The second-order valence-corrected chi connectivity index (χ2v) is 5.42. The van der Waals surface area contributed by atoms with Gasteiger partial charge in [-0.1, -0.05) is 51.1 Å². The summed E-state index contributed by atoms with van der Waals surface area (Å²) in [7, 11) is 0. The van der Waals surface area contributed by atoms with Gasteiger partial charge in [0.1, 0.15) is 5.15 Å². The normalized spacial score (nSPS) is 11.1. The highest BCUT2D eigenvalue weighted by Gasteiger charge is 2.02. The maximum absolute atomic E-state index is 11.5. The van der Waals surface area contributed by atoms with Crippen LogP contribution in [0.1, 0.15) is 46.0 Å². The summed E-state index contributed by atoms with van der Waals surface area (Å²) in [5, 5.41) is 0.0955. The zero-order chi connectivity index (χ0) is 13.5. The van der Waals surface area contributed by atoms with E-state index in [0.717, 1.165) is 25.2 Å². The van der Waals surface area contributed by atoms with E-state index in [9.17, 15) is 9.59 Å². The highest BCUT2D eigenvalue weighted by Crippen LogP contribution is 2.09. The Kier molecular flexibility index (Phi) is 6.19. The highest BCUT2D eigenvalue weighted by atomic mass is 35.5. The zero-order valence-electron chi connectivity index (χ0n) is 11.0. The van der Waals surface area contributed by atoms with Gasteiger partial charge < -0.3 is 0 Å². The minimum absolute atomic E-state index is 0.0955. The van der Waals surface area contributed by atoms with Crippen LogP contribution in [0.4, 0.5) is 0 Å². The third-order valence-electron chi connectivity index (χ3n) is 2.90. The van der Waals surface area contributed by atoms with E-state index >= 15 is 0 Å². The number of H-pyrrole nitrogens is 1. The van der Waals surface area contributed by atoms with Crippen LogP contribution in [0.15, 0.2) is 15.7 Å². The monoisotopic (exact) mass is 272 g/mol. The van der Waals surface area contributed by atoms with E-state index in [2.05, 4.69) is 18.8 Å². The van der Waals surface area contributed by atoms with Crippen molar-refractivity contribution in [3.05, 3.63) is 32.1 Å². The fraction of sp³-hybridized carbons (Fsp3) is 0.692. The molecule has 18 heavy (non-hydrogen) atoms. The Morgan fingerprint density at radius 2 is 1.89 bits per heavy atom. The van der Waals surface area contributed by atoms with Gasteiger partial charge >= 0.3 is 5.69 Å². The first-order valence-electron chi connectivity index (χ1n) is 6.50. The number of halogens is 1. The number of hydrogen-bond donors (Lipinski definition) is 1. The first-order valence-corrected chi connectivity index (χ1v) is 6.88. The highest BCUT2D eigenvalue weighted by molar-refractivity contribution is 6.29. The molecule has 4 nitrogen and oxygen atoms in total. The molecule has 0 aliphatic heterocycles. The van der Waals surface area contributed by atoms with Crippen LogP contribution in [0.25, 0.3) is 0 Å². The van der Waals surface area contributed by atoms with Gasteiger partial charge in [0.2, 0.25) is 0 Å². The Morgan fingerprint density at radius 1 is 1.22 bits per heavy atom. The third kappa shape index (κ3) is 5.08. The predicted octanol–water partition coefficient (Wildman–Crippen LogP) is 2.80. The van der Waals surface area contributed by atoms with Gasteiger partial charge in [-0.25, -0.2) is 4.79 Å². The van der Waals surface area contributed by atoms with Crippen LogP contribution < -0.4 is 11.2 Å². The molecule has 0 unspecified atom stereocenters. The average Bonchev–Trinajstić information content (AvgIpc) is 2.25. The van der Waals surface area contributed by atoms with Crippen molar-refractivity contribution in [2.45, 2.75) is 52.5 Å². The number of hydrogen-bond acceptors (Lipinski definition) is 2. The maximum Gasteiger partial charge on any atom is 0.329 e. The van der Waals surface area contributed by atoms with E-state index in [0.29, 0.717) is 6.54 Å². The summed E-state index contributed by atoms with van der Waals surface area (Å²) in [6, 6.07) is 1.24. The van der Waals surface area contributed by atoms with E-state index in [-0.39, 0.29) is 10.7 Å². The summed E-state index contributed by atoms with van der Waals surface area (Å²) in [5.41, 5.74) is -0.749. The lowest BCUT2D eigenvalue weighted by molar-refractivity contribution is 0.497. The van der Waals surface area contributed by atoms with Gasteiger partial charge in [-0.05, 0) is 12.3 Å². The van der Waals surface area contributed by atoms with Crippen molar-refractivity contribution in [3.8, 4) is 0 Å². The van der Waals surface area contributed by atoms with Crippen LogP contribution in [0.3, 0.4) is 0 Å². The molecule has 0 amide bonds. The van der Waals surface area contributed by atoms with Crippen molar-refractivity contribution in [2.24, 2.45) is 5.92 Å². The Hall–Kier alpha value is -1.03. The SMILES string of the molecule is CC(C)CCCCCCn1c(=O)cc(Cl)[nH]c1=O. The topological polar surface area (TPSA) is 54.9 Å². The molecular formula is C13H21ClN2O2. The Labute approximate surface area is 112 Å². The summed E-state index contributed by atoms with van der Waals surface area (Å²) in [6.07, 6.45) is 5.49. The Balaban J connectivity index is 2.36. The number of rotatable bonds is 7. The molecule has 0 aliphatic carbocycles. The Morgan fingerprint density at radius 3 is 2.50 bits per heavy atom. The number of nitrogens with zero attached hydrogens (tertiary/aromatic N) is 1. The van der Waals surface area contributed by atoms with Crippen molar-refractivity contribution in [1.29, 1.82) is 0 Å². The van der Waals surface area contributed by atoms with E-state index < -0.39 is 5.69 Å². The molecule has 0 saturated carbocycles. The van der Waals surface area contributed by atoms with Crippen molar-refractivity contribution in [2.75, 3.05) is 0 Å². The molecule has 1 N–H and O–H groups in total. The summed E-state index contributed by atoms with van der Waals surface area (Å²) in [6.45, 7) is 4.90. The lowest BCUT2D eigenvalue weighted by Crippen LogP contribution is -2.34. The molecule has 0 spiro atoms. The minimum atomic E-state index is -0.422. The van der Waals surface area contributed by atoms with Gasteiger partial charge in [-0.2, -0.15) is 0 Å². The minimum Gasteiger partial charge on any atom is -0.298 e. The van der Waals surface area contributed by atoms with Crippen LogP contribution >= 0.6 is 11.6 Å². The molecule has 0 aliphatic rings. The molecule has 0 aromatic carbocycles. The molecule has 0 fully saturated rings. The molecule has 1 rings (SSSR count). The third-order valence-corrected chi connectivity index (χ3v) is 3.10. The van der Waals surface area contributed by atoms with E-state index in [1.807, 2.05) is 0 Å². The smallest absolute Gasteiger partial charge is 0.298 e. The molecule has 0 saturated heterocycles. The van der Waals surface area contributed by atoms with Crippen molar-refractivity contribution in [3.63, 3.8) is 0 Å². The Bertz CT molecular complexity index is 445. The molecule has 0 atom stereocenters. The van der Waals surface area contributed by atoms with Crippen LogP contribution in [-0.4, -0.2) is 9.55 Å². The fourth-order valence-electron chi connectivity index (χ4n) is 1.88. The number of nitrogens with one attached hydrogen (secondary N) is 1. The van der Waals surface area contributed by atoms with Gasteiger partial charge in [0.15, 0.2) is 0 Å². The largest absolute Gasteiger partial charge is 0.329 e. The van der Waals surface area contributed by atoms with E-state index in [1.54, 1.807) is 0 Å². The first-order chi connectivity index (χ1) is 8.50. The standard InChI is InChI=1S/C13H21ClN2O2/c1-10(2)7-5-3-4-6-8-16-12(17)9-11(14)15-13(16)18/h9-10H,3-8H2,1-2H3,(H,15,18). The maximum atomic E-state index is 11.5. The fourth-order valence-corrected chi connectivity index (χ4v) is 2.05. The van der Waals surface area contributed by atoms with Crippen LogP contribution in [-0.2, 0) is 6.54 Å². The lowest BCUT2D eigenvalue weighted by atomic mass is 10.0. The molecule has 1 aromatic rings. The van der Waals surface area contributed by atoms with Crippen LogP contribution in [0, 0.1) is 5.92 Å². The number of aromatic amines is 1. The van der Waals surface area contributed by atoms with Crippen molar-refractivity contribution < 1.29 is 0 Å². The van der Waals surface area contributed by atoms with Gasteiger partial charge in [-0.3, -0.25) is 14.3 Å². The summed E-state index contributed by atoms with van der Waals surface area (Å²) in [5.74, 6) is 0.742. The van der Waals surface area contributed by atoms with Crippen molar-refractivity contribution in [1.82, 2.24) is 9.55 Å². The van der Waals surface area contributed by atoms with Crippen LogP contribution in [0.5, 0.6) is 0 Å². The molecule has 1 aromatic heterocycles. The molecule has 5 heteroatoms. The molecule has 102 valence electrons. The summed E-state index contributed by atoms with van der Waals surface area (Å²) < 4.78 is 1.20. The quantitative estimate of drug-likeness (QED) is 0.613. The second kappa shape index (κ2) is 7.41. The second-order valence-electron chi connectivity index (χ2n) is 5.01. The number of unbranched alkanes of at least 4 members (excludes halogenated alkanes) is 3. The molecule has 0 radical (unpaired) electrons. The molecular weight excluding hydrogens is 252 g/mol. The lowest BCUT2D eigenvalue weighted by Gasteiger charge is -2.05. The van der Waals surface area contributed by atoms with E-state index in [4.69, 9.17) is 11.6 Å². The van der Waals surface area contributed by atoms with Crippen LogP contribution in [0.2, 0.25) is 5.15 Å². The van der Waals surface area contributed by atoms with E-state index in [1.165, 1.54) is 23.5 Å². The molecule has 0 bridgehead atoms. The first kappa shape index (κ1) is 15.0. The number of aromatic nitrogens is 2.